The summed E-state index contributed by atoms with van der Waals surface area (Å²) in [7, 11) is -3.07. The Morgan fingerprint density at radius 3 is 2.52 bits per heavy atom. The van der Waals surface area contributed by atoms with E-state index in [1.54, 1.807) is 30.3 Å². The minimum Gasteiger partial charge on any atom is -0.477 e. The van der Waals surface area contributed by atoms with Crippen molar-refractivity contribution in [3.8, 4) is 0 Å². The fourth-order valence-electron chi connectivity index (χ4n) is 3.18. The van der Waals surface area contributed by atoms with Crippen molar-refractivity contribution in [1.29, 1.82) is 0 Å². The summed E-state index contributed by atoms with van der Waals surface area (Å²) in [6.07, 6.45) is -7.50. The minimum absolute atomic E-state index is 0.204. The SMILES string of the molecule is CC(=O)N[C@H]1[C@H]([C@H](O)[C@H](O)CO[P+](=O)O)O[C@@](OCc2ccccc2)(C(=O)O)C[C@@H]1O. The summed E-state index contributed by atoms with van der Waals surface area (Å²) < 4.78 is 26.1. The first-order valence-electron chi connectivity index (χ1n) is 9.25. The summed E-state index contributed by atoms with van der Waals surface area (Å²) in [6.45, 7) is 0.141. The smallest absolute Gasteiger partial charge is 0.477 e. The van der Waals surface area contributed by atoms with Crippen LogP contribution in [0.4, 0.5) is 0 Å². The summed E-state index contributed by atoms with van der Waals surface area (Å²) in [5.74, 6) is -4.61. The lowest BCUT2D eigenvalue weighted by molar-refractivity contribution is -0.314. The normalized spacial score (nSPS) is 28.4. The van der Waals surface area contributed by atoms with E-state index in [1.807, 2.05) is 0 Å². The average Bonchev–Trinajstić information content (AvgIpc) is 2.72. The summed E-state index contributed by atoms with van der Waals surface area (Å²) in [5, 5.41) is 43.3. The van der Waals surface area contributed by atoms with Gasteiger partial charge in [0.05, 0.1) is 18.8 Å². The van der Waals surface area contributed by atoms with Gasteiger partial charge in [-0.05, 0) is 5.56 Å². The minimum atomic E-state index is -3.07. The number of carboxylic acids is 1. The first-order valence-corrected chi connectivity index (χ1v) is 10.4. The third-order valence-electron chi connectivity index (χ3n) is 4.67. The highest BCUT2D eigenvalue weighted by Crippen LogP contribution is 2.34. The van der Waals surface area contributed by atoms with Gasteiger partial charge in [-0.25, -0.2) is 4.79 Å². The lowest BCUT2D eigenvalue weighted by Crippen LogP contribution is -2.67. The number of carboxylic acid groups (broad SMARTS) is 1. The van der Waals surface area contributed by atoms with Gasteiger partial charge in [0, 0.05) is 17.9 Å². The van der Waals surface area contributed by atoms with Gasteiger partial charge in [0.1, 0.15) is 24.9 Å². The molecule has 0 aromatic heterocycles. The summed E-state index contributed by atoms with van der Waals surface area (Å²) >= 11 is 0. The number of nitrogens with one attached hydrogen (secondary N) is 1. The molecule has 1 aliphatic heterocycles. The molecule has 31 heavy (non-hydrogen) atoms. The summed E-state index contributed by atoms with van der Waals surface area (Å²) in [4.78, 5) is 32.3. The van der Waals surface area contributed by atoms with Crippen LogP contribution in [0.1, 0.15) is 18.9 Å². The Labute approximate surface area is 178 Å². The van der Waals surface area contributed by atoms with E-state index in [1.165, 1.54) is 0 Å². The number of carbonyl (C=O) groups is 2. The Hall–Kier alpha value is -2.02. The molecule has 1 aromatic rings. The average molecular weight is 462 g/mol. The highest BCUT2D eigenvalue weighted by Gasteiger charge is 2.55. The van der Waals surface area contributed by atoms with E-state index >= 15 is 0 Å². The molecule has 1 saturated heterocycles. The molecule has 1 fully saturated rings. The third kappa shape index (κ3) is 6.73. The molecule has 172 valence electrons. The van der Waals surface area contributed by atoms with Crippen LogP contribution < -0.4 is 5.32 Å². The van der Waals surface area contributed by atoms with Crippen molar-refractivity contribution < 1.29 is 53.5 Å². The van der Waals surface area contributed by atoms with Crippen LogP contribution >= 0.6 is 8.25 Å². The lowest BCUT2D eigenvalue weighted by Gasteiger charge is -2.46. The largest absolute Gasteiger partial charge is 0.694 e. The van der Waals surface area contributed by atoms with Crippen LogP contribution in [-0.2, 0) is 34.8 Å². The number of amides is 1. The first-order chi connectivity index (χ1) is 14.6. The third-order valence-corrected chi connectivity index (χ3v) is 5.04. The molecule has 1 aromatic carbocycles. The first kappa shape index (κ1) is 25.2. The monoisotopic (exact) mass is 462 g/mol. The quantitative estimate of drug-likeness (QED) is 0.234. The molecule has 1 amide bonds. The molecule has 0 bridgehead atoms. The van der Waals surface area contributed by atoms with Crippen LogP contribution in [0.15, 0.2) is 30.3 Å². The van der Waals surface area contributed by atoms with Crippen LogP contribution in [0.5, 0.6) is 0 Å². The molecule has 0 saturated carbocycles. The summed E-state index contributed by atoms with van der Waals surface area (Å²) in [6, 6.07) is 7.23. The zero-order chi connectivity index (χ0) is 23.2. The molecule has 1 heterocycles. The van der Waals surface area contributed by atoms with Crippen molar-refractivity contribution in [2.75, 3.05) is 6.61 Å². The van der Waals surface area contributed by atoms with E-state index in [0.717, 1.165) is 6.92 Å². The molecule has 0 radical (unpaired) electrons. The molecule has 12 nitrogen and oxygen atoms in total. The fourth-order valence-corrected chi connectivity index (χ4v) is 3.46. The standard InChI is InChI=1S/C18H24NO11P/c1-10(20)19-14-12(21)7-18(17(24)25,28-8-11-5-3-2-4-6-11)30-16(14)15(23)13(22)9-29-31(26)27/h2-6,12-16,21-23H,7-9H2,1H3,(H2-,19,20,24,25,26,27)/p+1/t12-,13+,14+,15+,16+,18+/m0/s1. The Kier molecular flexibility index (Phi) is 8.98. The van der Waals surface area contributed by atoms with Gasteiger partial charge in [0.15, 0.2) is 0 Å². The van der Waals surface area contributed by atoms with Crippen molar-refractivity contribution in [3.05, 3.63) is 35.9 Å². The number of ether oxygens (including phenoxy) is 2. The van der Waals surface area contributed by atoms with E-state index in [2.05, 4.69) is 9.84 Å². The van der Waals surface area contributed by atoms with Crippen LogP contribution in [0.3, 0.4) is 0 Å². The number of aliphatic carboxylic acids is 1. The zero-order valence-electron chi connectivity index (χ0n) is 16.5. The molecule has 1 aliphatic rings. The predicted molar refractivity (Wildman–Crippen MR) is 102 cm³/mol. The number of aliphatic hydroxyl groups excluding tert-OH is 3. The molecule has 2 rings (SSSR count). The molecule has 13 heteroatoms. The molecular weight excluding hydrogens is 437 g/mol. The number of carbonyl (C=O) groups excluding carboxylic acids is 1. The van der Waals surface area contributed by atoms with E-state index < -0.39 is 69.4 Å². The predicted octanol–water partition coefficient (Wildman–Crippen LogP) is -0.973. The van der Waals surface area contributed by atoms with Gasteiger partial charge in [0.25, 0.3) is 5.79 Å². The van der Waals surface area contributed by atoms with Crippen LogP contribution in [0.25, 0.3) is 0 Å². The number of hydrogen-bond acceptors (Lipinski definition) is 9. The van der Waals surface area contributed by atoms with Gasteiger partial charge in [-0.15, -0.1) is 9.42 Å². The van der Waals surface area contributed by atoms with Gasteiger partial charge in [-0.2, -0.15) is 0 Å². The molecule has 6 N–H and O–H groups in total. The van der Waals surface area contributed by atoms with Crippen molar-refractivity contribution >= 4 is 20.1 Å². The number of rotatable bonds is 10. The number of hydrogen-bond donors (Lipinski definition) is 6. The Morgan fingerprint density at radius 1 is 1.32 bits per heavy atom. The van der Waals surface area contributed by atoms with Gasteiger partial charge in [-0.1, -0.05) is 30.3 Å². The Bertz CT molecular complexity index is 779. The van der Waals surface area contributed by atoms with Crippen LogP contribution in [0, 0.1) is 0 Å². The zero-order valence-corrected chi connectivity index (χ0v) is 17.4. The molecule has 0 spiro atoms. The van der Waals surface area contributed by atoms with E-state index in [9.17, 15) is 34.6 Å². The second-order valence-corrected chi connectivity index (χ2v) is 7.74. The second kappa shape index (κ2) is 11.0. The second-order valence-electron chi connectivity index (χ2n) is 7.00. The maximum absolute atomic E-state index is 12.0. The van der Waals surface area contributed by atoms with Gasteiger partial charge in [0.2, 0.25) is 5.91 Å². The van der Waals surface area contributed by atoms with Gasteiger partial charge >= 0.3 is 14.2 Å². The van der Waals surface area contributed by atoms with Crippen molar-refractivity contribution in [3.63, 3.8) is 0 Å². The maximum Gasteiger partial charge on any atom is 0.694 e. The van der Waals surface area contributed by atoms with Gasteiger partial charge < -0.3 is 35.2 Å². The molecule has 1 unspecified atom stereocenters. The van der Waals surface area contributed by atoms with Gasteiger partial charge in [-0.3, -0.25) is 4.79 Å². The van der Waals surface area contributed by atoms with Crippen LogP contribution in [0.2, 0.25) is 0 Å². The van der Waals surface area contributed by atoms with E-state index in [-0.39, 0.29) is 6.61 Å². The fraction of sp³-hybridized carbons (Fsp3) is 0.556. The highest BCUT2D eigenvalue weighted by atomic mass is 31.1. The van der Waals surface area contributed by atoms with Crippen molar-refractivity contribution in [2.45, 2.75) is 56.2 Å². The molecule has 0 aliphatic carbocycles. The topological polar surface area (TPSA) is 192 Å². The number of aliphatic hydroxyl groups is 3. The Balaban J connectivity index is 2.29. The lowest BCUT2D eigenvalue weighted by atomic mass is 9.88. The molecule has 7 atom stereocenters. The Morgan fingerprint density at radius 2 is 1.97 bits per heavy atom. The number of benzene rings is 1. The van der Waals surface area contributed by atoms with Crippen LogP contribution in [-0.4, -0.2) is 80.0 Å². The van der Waals surface area contributed by atoms with Crippen molar-refractivity contribution in [1.82, 2.24) is 5.32 Å². The van der Waals surface area contributed by atoms with E-state index in [4.69, 9.17) is 14.4 Å². The molecular formula is C18H25NO11P+. The highest BCUT2D eigenvalue weighted by molar-refractivity contribution is 7.32. The summed E-state index contributed by atoms with van der Waals surface area (Å²) in [5.41, 5.74) is 0.613. The van der Waals surface area contributed by atoms with Crippen molar-refractivity contribution in [2.24, 2.45) is 0 Å². The van der Waals surface area contributed by atoms with E-state index in [0.29, 0.717) is 5.56 Å². The maximum atomic E-state index is 12.0.